The molecule has 3 atom stereocenters. The first-order chi connectivity index (χ1) is 16.9. The van der Waals surface area contributed by atoms with E-state index < -0.39 is 23.5 Å². The maximum atomic E-state index is 13.6. The van der Waals surface area contributed by atoms with E-state index in [2.05, 4.69) is 29.6 Å². The van der Waals surface area contributed by atoms with Gasteiger partial charge in [0.25, 0.3) is 5.91 Å². The number of aliphatic carboxylic acids is 1. The van der Waals surface area contributed by atoms with Gasteiger partial charge < -0.3 is 24.8 Å². The predicted octanol–water partition coefficient (Wildman–Crippen LogP) is 3.40. The van der Waals surface area contributed by atoms with Crippen LogP contribution in [0.2, 0.25) is 0 Å². The smallest absolute Gasteiger partial charge is 0.408 e. The normalized spacial score (nSPS) is 25.6. The van der Waals surface area contributed by atoms with Crippen LogP contribution in [0.15, 0.2) is 48.5 Å². The summed E-state index contributed by atoms with van der Waals surface area (Å²) in [6, 6.07) is 16.0. The zero-order valence-electron chi connectivity index (χ0n) is 19.7. The van der Waals surface area contributed by atoms with E-state index in [0.717, 1.165) is 22.3 Å². The first kappa shape index (κ1) is 23.4. The molecule has 2 aromatic rings. The molecule has 8 heteroatoms. The summed E-state index contributed by atoms with van der Waals surface area (Å²) in [6.45, 7) is 2.78. The predicted molar refractivity (Wildman–Crippen MR) is 128 cm³/mol. The van der Waals surface area contributed by atoms with E-state index in [1.54, 1.807) is 4.90 Å². The first-order valence-electron chi connectivity index (χ1n) is 12.1. The highest BCUT2D eigenvalue weighted by Gasteiger charge is 2.48. The van der Waals surface area contributed by atoms with Crippen LogP contribution < -0.4 is 5.32 Å². The van der Waals surface area contributed by atoms with Crippen molar-refractivity contribution in [2.75, 3.05) is 26.4 Å². The number of amides is 2. The van der Waals surface area contributed by atoms with E-state index in [1.807, 2.05) is 31.2 Å². The Balaban J connectivity index is 1.27. The van der Waals surface area contributed by atoms with Crippen molar-refractivity contribution in [1.82, 2.24) is 10.2 Å². The third-order valence-corrected chi connectivity index (χ3v) is 7.60. The lowest BCUT2D eigenvalue weighted by Crippen LogP contribution is -2.63. The molecule has 2 saturated heterocycles. The van der Waals surface area contributed by atoms with Crippen LogP contribution >= 0.6 is 0 Å². The van der Waals surface area contributed by atoms with Crippen molar-refractivity contribution < 1.29 is 29.0 Å². The van der Waals surface area contributed by atoms with Gasteiger partial charge in [-0.05, 0) is 42.0 Å². The van der Waals surface area contributed by atoms with Crippen LogP contribution in [0.1, 0.15) is 43.2 Å². The first-order valence-corrected chi connectivity index (χ1v) is 12.1. The molecule has 0 aromatic heterocycles. The second-order valence-corrected chi connectivity index (χ2v) is 9.74. The van der Waals surface area contributed by atoms with Crippen molar-refractivity contribution >= 4 is 18.0 Å². The molecule has 8 nitrogen and oxygen atoms in total. The van der Waals surface area contributed by atoms with Crippen molar-refractivity contribution in [2.45, 2.75) is 43.7 Å². The number of alkyl carbamates (subject to hydrolysis) is 1. The Morgan fingerprint density at radius 3 is 2.34 bits per heavy atom. The van der Waals surface area contributed by atoms with E-state index in [1.165, 1.54) is 0 Å². The van der Waals surface area contributed by atoms with Gasteiger partial charge in [-0.25, -0.2) is 4.79 Å². The number of likely N-dealkylation sites (tertiary alicyclic amines) is 1. The number of carboxylic acid groups (broad SMARTS) is 1. The average molecular weight is 479 g/mol. The molecule has 1 aliphatic carbocycles. The Bertz CT molecular complexity index is 1100. The van der Waals surface area contributed by atoms with Crippen LogP contribution in [-0.2, 0) is 19.1 Å². The quantitative estimate of drug-likeness (QED) is 0.683. The summed E-state index contributed by atoms with van der Waals surface area (Å²) in [7, 11) is 0. The van der Waals surface area contributed by atoms with Crippen molar-refractivity contribution in [1.29, 1.82) is 0 Å². The Morgan fingerprint density at radius 1 is 1.11 bits per heavy atom. The number of carboxylic acids is 1. The molecule has 2 aliphatic heterocycles. The Hall–Kier alpha value is -3.39. The second kappa shape index (κ2) is 9.34. The fourth-order valence-electron chi connectivity index (χ4n) is 5.69. The molecule has 0 bridgehead atoms. The minimum absolute atomic E-state index is 0.0710. The third-order valence-electron chi connectivity index (χ3n) is 7.60. The van der Waals surface area contributed by atoms with Crippen LogP contribution in [0.25, 0.3) is 11.1 Å². The maximum Gasteiger partial charge on any atom is 0.408 e. The Labute approximate surface area is 204 Å². The molecule has 2 fully saturated rings. The highest BCUT2D eigenvalue weighted by Crippen LogP contribution is 2.44. The number of hydrogen-bond acceptors (Lipinski definition) is 5. The molecule has 3 aliphatic rings. The topological polar surface area (TPSA) is 105 Å². The SMILES string of the molecule is C[C@H]1C[C@@H](C(=O)O)CCN1C(=O)C1(NC(=O)OCC2c3ccccc3-c3ccccc32)CCOC1. The molecular formula is C27H30N2O6. The fraction of sp³-hybridized carbons (Fsp3) is 0.444. The van der Waals surface area contributed by atoms with Gasteiger partial charge in [-0.2, -0.15) is 0 Å². The highest BCUT2D eigenvalue weighted by atomic mass is 16.6. The van der Waals surface area contributed by atoms with Crippen LogP contribution in [-0.4, -0.2) is 65.9 Å². The number of rotatable bonds is 5. The molecular weight excluding hydrogens is 448 g/mol. The summed E-state index contributed by atoms with van der Waals surface area (Å²) >= 11 is 0. The highest BCUT2D eigenvalue weighted by molar-refractivity contribution is 5.91. The number of nitrogens with one attached hydrogen (secondary N) is 1. The van der Waals surface area contributed by atoms with Gasteiger partial charge in [-0.15, -0.1) is 0 Å². The van der Waals surface area contributed by atoms with E-state index in [0.29, 0.717) is 32.4 Å². The Kier molecular flexibility index (Phi) is 6.23. The van der Waals surface area contributed by atoms with Crippen LogP contribution in [0.5, 0.6) is 0 Å². The molecule has 0 radical (unpaired) electrons. The number of carbonyl (C=O) groups excluding carboxylic acids is 2. The summed E-state index contributed by atoms with van der Waals surface area (Å²) in [5, 5.41) is 12.2. The summed E-state index contributed by atoms with van der Waals surface area (Å²) in [6.07, 6.45) is 0.483. The van der Waals surface area contributed by atoms with Gasteiger partial charge in [0, 0.05) is 31.5 Å². The molecule has 0 saturated carbocycles. The zero-order valence-corrected chi connectivity index (χ0v) is 19.7. The molecule has 2 aromatic carbocycles. The summed E-state index contributed by atoms with van der Waals surface area (Å²) in [5.41, 5.74) is 3.32. The molecule has 2 N–H and O–H groups in total. The van der Waals surface area contributed by atoms with E-state index in [9.17, 15) is 19.5 Å². The minimum Gasteiger partial charge on any atom is -0.481 e. The van der Waals surface area contributed by atoms with Gasteiger partial charge in [-0.1, -0.05) is 48.5 Å². The summed E-state index contributed by atoms with van der Waals surface area (Å²) in [4.78, 5) is 39.6. The number of benzene rings is 2. The monoisotopic (exact) mass is 478 g/mol. The number of nitrogens with zero attached hydrogens (tertiary/aromatic N) is 1. The number of piperidine rings is 1. The van der Waals surface area contributed by atoms with Crippen LogP contribution in [0, 0.1) is 5.92 Å². The van der Waals surface area contributed by atoms with Gasteiger partial charge in [-0.3, -0.25) is 9.59 Å². The van der Waals surface area contributed by atoms with Crippen LogP contribution in [0.3, 0.4) is 0 Å². The summed E-state index contributed by atoms with van der Waals surface area (Å²) < 4.78 is 11.2. The lowest BCUT2D eigenvalue weighted by molar-refractivity contribution is -0.150. The zero-order chi connectivity index (χ0) is 24.6. The molecule has 1 unspecified atom stereocenters. The molecule has 184 valence electrons. The van der Waals surface area contributed by atoms with E-state index in [4.69, 9.17) is 9.47 Å². The number of hydrogen-bond donors (Lipinski definition) is 2. The van der Waals surface area contributed by atoms with E-state index in [-0.39, 0.29) is 31.1 Å². The minimum atomic E-state index is -1.20. The van der Waals surface area contributed by atoms with Crippen LogP contribution in [0.4, 0.5) is 4.79 Å². The summed E-state index contributed by atoms with van der Waals surface area (Å²) in [5.74, 6) is -1.60. The number of carbonyl (C=O) groups is 3. The van der Waals surface area contributed by atoms with Gasteiger partial charge in [0.2, 0.25) is 0 Å². The van der Waals surface area contributed by atoms with Crippen molar-refractivity contribution in [2.24, 2.45) is 5.92 Å². The van der Waals surface area contributed by atoms with Crippen molar-refractivity contribution in [3.63, 3.8) is 0 Å². The standard InChI is InChI=1S/C27H30N2O6/c1-17-14-18(24(30)31)10-12-29(17)25(32)27(11-13-34-16-27)28-26(33)35-15-23-21-8-4-2-6-19(21)20-7-3-5-9-22(20)23/h2-9,17-18,23H,10-16H2,1H3,(H,28,33)(H,30,31)/t17-,18-,27?/m0/s1. The second-order valence-electron chi connectivity index (χ2n) is 9.74. The molecule has 35 heavy (non-hydrogen) atoms. The average Bonchev–Trinajstić information content (AvgIpc) is 3.46. The number of fused-ring (bicyclic) bond motifs is 3. The number of ether oxygens (including phenoxy) is 2. The van der Waals surface area contributed by atoms with Crippen molar-refractivity contribution in [3.8, 4) is 11.1 Å². The molecule has 2 heterocycles. The van der Waals surface area contributed by atoms with Gasteiger partial charge in [0.05, 0.1) is 12.5 Å². The molecule has 5 rings (SSSR count). The van der Waals surface area contributed by atoms with Gasteiger partial charge in [0.1, 0.15) is 12.1 Å². The largest absolute Gasteiger partial charge is 0.481 e. The van der Waals surface area contributed by atoms with Gasteiger partial charge in [0.15, 0.2) is 0 Å². The Morgan fingerprint density at radius 2 is 1.77 bits per heavy atom. The van der Waals surface area contributed by atoms with E-state index >= 15 is 0 Å². The molecule has 2 amide bonds. The fourth-order valence-corrected chi connectivity index (χ4v) is 5.69. The van der Waals surface area contributed by atoms with Crippen molar-refractivity contribution in [3.05, 3.63) is 59.7 Å². The third kappa shape index (κ3) is 4.27. The molecule has 0 spiro atoms. The lowest BCUT2D eigenvalue weighted by Gasteiger charge is -2.41. The maximum absolute atomic E-state index is 13.6. The van der Waals surface area contributed by atoms with Gasteiger partial charge >= 0.3 is 12.1 Å². The lowest BCUT2D eigenvalue weighted by atomic mass is 9.88.